The third-order valence-corrected chi connectivity index (χ3v) is 5.77. The highest BCUT2D eigenvalue weighted by Crippen LogP contribution is 2.26. The first kappa shape index (κ1) is 21.6. The molecule has 30 heavy (non-hydrogen) atoms. The van der Waals surface area contributed by atoms with Gasteiger partial charge in [0, 0.05) is 6.54 Å². The van der Waals surface area contributed by atoms with Gasteiger partial charge in [-0.15, -0.1) is 0 Å². The summed E-state index contributed by atoms with van der Waals surface area (Å²) in [7, 11) is 0. The van der Waals surface area contributed by atoms with Gasteiger partial charge in [-0.1, -0.05) is 30.0 Å². The van der Waals surface area contributed by atoms with Gasteiger partial charge in [0.05, 0.1) is 21.8 Å². The van der Waals surface area contributed by atoms with Crippen LogP contribution in [0.15, 0.2) is 52.4 Å². The van der Waals surface area contributed by atoms with E-state index in [-0.39, 0.29) is 5.56 Å². The molecule has 0 saturated heterocycles. The van der Waals surface area contributed by atoms with Crippen LogP contribution in [0.4, 0.5) is 4.79 Å². The molecule has 0 aliphatic heterocycles. The number of nitrogens with one attached hydrogen (secondary N) is 2. The van der Waals surface area contributed by atoms with Crippen molar-refractivity contribution in [1.82, 2.24) is 20.2 Å². The number of nitrogens with zero attached hydrogens (tertiary/aromatic N) is 2. The molecule has 0 aliphatic rings. The van der Waals surface area contributed by atoms with Crippen molar-refractivity contribution in [2.45, 2.75) is 38.1 Å². The molecule has 2 aromatic carbocycles. The number of aromatic nitrogens is 2. The van der Waals surface area contributed by atoms with Crippen LogP contribution in [0, 0.1) is 13.8 Å². The van der Waals surface area contributed by atoms with Gasteiger partial charge in [-0.3, -0.25) is 19.5 Å². The molecule has 1 heterocycles. The SMILES string of the molecule is CCNC(=O)NC(=O)[C@@H](C)Sc1nc2ccccc2c(=O)n1-c1ccc(C)c(C)c1. The van der Waals surface area contributed by atoms with Gasteiger partial charge in [0.2, 0.25) is 5.91 Å². The standard InChI is InChI=1S/C22H24N4O3S/c1-5-23-21(29)25-19(27)15(4)30-22-24-18-9-7-6-8-17(18)20(28)26(22)16-11-10-13(2)14(3)12-16/h6-12,15H,5H2,1-4H3,(H2,23,25,27,29)/t15-/m1/s1. The molecule has 1 aromatic heterocycles. The summed E-state index contributed by atoms with van der Waals surface area (Å²) in [5.41, 5.74) is 3.19. The fourth-order valence-corrected chi connectivity index (χ4v) is 3.84. The number of carbonyl (C=O) groups excluding carboxylic acids is 2. The summed E-state index contributed by atoms with van der Waals surface area (Å²) in [6.45, 7) is 7.84. The Hall–Kier alpha value is -3.13. The van der Waals surface area contributed by atoms with E-state index in [1.807, 2.05) is 38.1 Å². The van der Waals surface area contributed by atoms with E-state index in [2.05, 4.69) is 15.6 Å². The Labute approximate surface area is 178 Å². The Kier molecular flexibility index (Phi) is 6.56. The number of hydrogen-bond donors (Lipinski definition) is 2. The first-order chi connectivity index (χ1) is 14.3. The largest absolute Gasteiger partial charge is 0.338 e. The normalized spacial score (nSPS) is 11.9. The maximum atomic E-state index is 13.3. The quantitative estimate of drug-likeness (QED) is 0.484. The highest BCUT2D eigenvalue weighted by atomic mass is 32.2. The smallest absolute Gasteiger partial charge is 0.321 e. The molecule has 3 amide bonds. The van der Waals surface area contributed by atoms with E-state index in [1.54, 1.807) is 32.0 Å². The second-order valence-electron chi connectivity index (χ2n) is 6.93. The van der Waals surface area contributed by atoms with Crippen LogP contribution in [-0.4, -0.2) is 33.3 Å². The van der Waals surface area contributed by atoms with Gasteiger partial charge in [-0.05, 0) is 63.1 Å². The topological polar surface area (TPSA) is 93.1 Å². The molecular formula is C22H24N4O3S. The lowest BCUT2D eigenvalue weighted by Crippen LogP contribution is -2.42. The molecular weight excluding hydrogens is 400 g/mol. The molecule has 0 spiro atoms. The minimum Gasteiger partial charge on any atom is -0.338 e. The monoisotopic (exact) mass is 424 g/mol. The second kappa shape index (κ2) is 9.13. The number of imide groups is 1. The van der Waals surface area contributed by atoms with Crippen LogP contribution in [0.3, 0.4) is 0 Å². The molecule has 156 valence electrons. The van der Waals surface area contributed by atoms with E-state index in [0.717, 1.165) is 22.9 Å². The number of aryl methyl sites for hydroxylation is 2. The van der Waals surface area contributed by atoms with Crippen LogP contribution in [0.1, 0.15) is 25.0 Å². The van der Waals surface area contributed by atoms with Gasteiger partial charge in [0.1, 0.15) is 0 Å². The lowest BCUT2D eigenvalue weighted by atomic mass is 10.1. The summed E-state index contributed by atoms with van der Waals surface area (Å²) < 4.78 is 1.52. The highest BCUT2D eigenvalue weighted by molar-refractivity contribution is 8.00. The molecule has 8 heteroatoms. The van der Waals surface area contributed by atoms with E-state index in [1.165, 1.54) is 4.57 Å². The third-order valence-electron chi connectivity index (χ3n) is 4.72. The highest BCUT2D eigenvalue weighted by Gasteiger charge is 2.21. The fraction of sp³-hybridized carbons (Fsp3) is 0.273. The Morgan fingerprint density at radius 2 is 1.87 bits per heavy atom. The minimum atomic E-state index is -0.640. The lowest BCUT2D eigenvalue weighted by molar-refractivity contribution is -0.119. The van der Waals surface area contributed by atoms with Gasteiger partial charge in [-0.25, -0.2) is 9.78 Å². The van der Waals surface area contributed by atoms with Crippen molar-refractivity contribution in [3.63, 3.8) is 0 Å². The zero-order valence-corrected chi connectivity index (χ0v) is 18.2. The van der Waals surface area contributed by atoms with Crippen LogP contribution in [0.2, 0.25) is 0 Å². The predicted octanol–water partition coefficient (Wildman–Crippen LogP) is 3.33. The van der Waals surface area contributed by atoms with Gasteiger partial charge in [-0.2, -0.15) is 0 Å². The number of fused-ring (bicyclic) bond motifs is 1. The van der Waals surface area contributed by atoms with Crippen molar-refractivity contribution in [3.05, 3.63) is 63.9 Å². The van der Waals surface area contributed by atoms with Crippen LogP contribution >= 0.6 is 11.8 Å². The Balaban J connectivity index is 2.06. The Morgan fingerprint density at radius 1 is 1.13 bits per heavy atom. The van der Waals surface area contributed by atoms with Gasteiger partial charge in [0.15, 0.2) is 5.16 Å². The van der Waals surface area contributed by atoms with E-state index in [0.29, 0.717) is 28.3 Å². The van der Waals surface area contributed by atoms with Gasteiger partial charge >= 0.3 is 6.03 Å². The van der Waals surface area contributed by atoms with Crippen molar-refractivity contribution in [2.75, 3.05) is 6.54 Å². The molecule has 0 bridgehead atoms. The van der Waals surface area contributed by atoms with Crippen LogP contribution in [0.25, 0.3) is 16.6 Å². The van der Waals surface area contributed by atoms with E-state index >= 15 is 0 Å². The summed E-state index contributed by atoms with van der Waals surface area (Å²) in [6, 6.07) is 12.3. The van der Waals surface area contributed by atoms with Crippen LogP contribution < -0.4 is 16.2 Å². The van der Waals surface area contributed by atoms with Crippen molar-refractivity contribution >= 4 is 34.6 Å². The molecule has 0 aliphatic carbocycles. The summed E-state index contributed by atoms with van der Waals surface area (Å²) in [4.78, 5) is 42.0. The van der Waals surface area contributed by atoms with E-state index in [9.17, 15) is 14.4 Å². The number of para-hydroxylation sites is 1. The summed E-state index contributed by atoms with van der Waals surface area (Å²) >= 11 is 1.13. The molecule has 0 unspecified atom stereocenters. The zero-order valence-electron chi connectivity index (χ0n) is 17.4. The van der Waals surface area contributed by atoms with Crippen molar-refractivity contribution in [1.29, 1.82) is 0 Å². The molecule has 2 N–H and O–H groups in total. The molecule has 0 fully saturated rings. The Morgan fingerprint density at radius 3 is 2.57 bits per heavy atom. The average molecular weight is 425 g/mol. The fourth-order valence-electron chi connectivity index (χ4n) is 2.91. The predicted molar refractivity (Wildman–Crippen MR) is 119 cm³/mol. The van der Waals surface area contributed by atoms with Gasteiger partial charge < -0.3 is 5.32 Å². The number of hydrogen-bond acceptors (Lipinski definition) is 5. The molecule has 0 radical (unpaired) electrons. The first-order valence-electron chi connectivity index (χ1n) is 9.66. The number of thioether (sulfide) groups is 1. The Bertz CT molecular complexity index is 1170. The summed E-state index contributed by atoms with van der Waals surface area (Å²) in [5.74, 6) is -0.458. The number of urea groups is 1. The molecule has 3 aromatic rings. The number of carbonyl (C=O) groups is 2. The second-order valence-corrected chi connectivity index (χ2v) is 8.24. The van der Waals surface area contributed by atoms with E-state index < -0.39 is 17.2 Å². The summed E-state index contributed by atoms with van der Waals surface area (Å²) in [6.07, 6.45) is 0. The van der Waals surface area contributed by atoms with Crippen LogP contribution in [-0.2, 0) is 4.79 Å². The van der Waals surface area contributed by atoms with Crippen LogP contribution in [0.5, 0.6) is 0 Å². The molecule has 7 nitrogen and oxygen atoms in total. The minimum absolute atomic E-state index is 0.206. The van der Waals surface area contributed by atoms with Crippen molar-refractivity contribution in [2.24, 2.45) is 0 Å². The van der Waals surface area contributed by atoms with Crippen molar-refractivity contribution in [3.8, 4) is 5.69 Å². The number of amides is 3. The molecule has 0 saturated carbocycles. The number of benzene rings is 2. The summed E-state index contributed by atoms with van der Waals surface area (Å²) in [5, 5.41) is 5.08. The first-order valence-corrected chi connectivity index (χ1v) is 10.5. The maximum absolute atomic E-state index is 13.3. The lowest BCUT2D eigenvalue weighted by Gasteiger charge is -2.17. The molecule has 3 rings (SSSR count). The van der Waals surface area contributed by atoms with Gasteiger partial charge in [0.25, 0.3) is 5.56 Å². The zero-order chi connectivity index (χ0) is 21.8. The van der Waals surface area contributed by atoms with Crippen molar-refractivity contribution < 1.29 is 9.59 Å². The maximum Gasteiger partial charge on any atom is 0.321 e. The average Bonchev–Trinajstić information content (AvgIpc) is 2.70. The number of rotatable bonds is 5. The van der Waals surface area contributed by atoms with E-state index in [4.69, 9.17) is 0 Å². The molecule has 1 atom stereocenters. The third kappa shape index (κ3) is 4.54.